The first kappa shape index (κ1) is 14.6. The number of thiazole rings is 1. The van der Waals surface area contributed by atoms with E-state index in [-0.39, 0.29) is 31.0 Å². The van der Waals surface area contributed by atoms with E-state index in [0.29, 0.717) is 4.96 Å². The van der Waals surface area contributed by atoms with Crippen molar-refractivity contribution in [1.29, 1.82) is 0 Å². The molecule has 0 spiro atoms. The van der Waals surface area contributed by atoms with Crippen molar-refractivity contribution in [2.24, 2.45) is 0 Å². The number of halogens is 3. The first-order valence-electron chi connectivity index (χ1n) is 5.79. The molecule has 2 aromatic rings. The summed E-state index contributed by atoms with van der Waals surface area (Å²) < 4.78 is 37.2. The predicted molar refractivity (Wildman–Crippen MR) is 68.1 cm³/mol. The van der Waals surface area contributed by atoms with Crippen molar-refractivity contribution >= 4 is 27.9 Å². The van der Waals surface area contributed by atoms with Gasteiger partial charge in [0.1, 0.15) is 6.20 Å². The predicted octanol–water partition coefficient (Wildman–Crippen LogP) is 3.45. The number of alkyl halides is 3. The molecule has 0 aliphatic carbocycles. The molecule has 2 rings (SSSR count). The highest BCUT2D eigenvalue weighted by Crippen LogP contribution is 2.28. The average Bonchev–Trinajstić information content (AvgIpc) is 2.85. The van der Waals surface area contributed by atoms with Crippen LogP contribution in [0.2, 0.25) is 0 Å². The van der Waals surface area contributed by atoms with Crippen molar-refractivity contribution < 1.29 is 18.1 Å². The number of nitro groups is 1. The van der Waals surface area contributed by atoms with Crippen LogP contribution >= 0.6 is 11.3 Å². The van der Waals surface area contributed by atoms with Crippen molar-refractivity contribution in [3.8, 4) is 0 Å². The third-order valence-electron chi connectivity index (χ3n) is 2.59. The van der Waals surface area contributed by atoms with Crippen LogP contribution in [0, 0.1) is 10.1 Å². The van der Waals surface area contributed by atoms with Gasteiger partial charge in [-0.3, -0.25) is 0 Å². The fraction of sp³-hybridized carbons (Fsp3) is 0.500. The third kappa shape index (κ3) is 3.38. The summed E-state index contributed by atoms with van der Waals surface area (Å²) in [6.07, 6.45) is -3.24. The molecule has 0 saturated carbocycles. The van der Waals surface area contributed by atoms with Crippen LogP contribution in [0.4, 0.5) is 24.8 Å². The van der Waals surface area contributed by atoms with Gasteiger partial charge in [-0.2, -0.15) is 22.6 Å². The molecule has 0 fully saturated rings. The number of nitrogens with zero attached hydrogens (tertiary/aromatic N) is 3. The van der Waals surface area contributed by atoms with Crippen LogP contribution in [-0.4, -0.2) is 27.0 Å². The zero-order valence-electron chi connectivity index (χ0n) is 10.2. The van der Waals surface area contributed by atoms with Crippen LogP contribution in [0.25, 0.3) is 4.96 Å². The number of nitrogens with one attached hydrogen (secondary N) is 1. The minimum Gasteiger partial charge on any atom is -0.363 e. The Labute approximate surface area is 115 Å². The van der Waals surface area contributed by atoms with Crippen molar-refractivity contribution in [1.82, 2.24) is 9.38 Å². The zero-order chi connectivity index (χ0) is 14.8. The molecule has 10 heteroatoms. The molecule has 110 valence electrons. The van der Waals surface area contributed by atoms with Crippen molar-refractivity contribution in [2.75, 3.05) is 11.9 Å². The molecule has 0 unspecified atom stereocenters. The summed E-state index contributed by atoms with van der Waals surface area (Å²) in [6, 6.07) is 0. The second-order valence-corrected chi connectivity index (χ2v) is 4.97. The zero-order valence-corrected chi connectivity index (χ0v) is 11.0. The lowest BCUT2D eigenvalue weighted by Gasteiger charge is -2.06. The van der Waals surface area contributed by atoms with E-state index < -0.39 is 17.5 Å². The minimum atomic E-state index is -4.16. The second-order valence-electron chi connectivity index (χ2n) is 4.10. The number of aromatic nitrogens is 2. The lowest BCUT2D eigenvalue weighted by Crippen LogP contribution is -2.09. The molecule has 0 radical (unpaired) electrons. The number of imidazole rings is 1. The van der Waals surface area contributed by atoms with Crippen LogP contribution in [0.1, 0.15) is 19.3 Å². The molecule has 0 aromatic carbocycles. The highest BCUT2D eigenvalue weighted by Gasteiger charge is 2.26. The highest BCUT2D eigenvalue weighted by atomic mass is 32.1. The highest BCUT2D eigenvalue weighted by molar-refractivity contribution is 7.15. The van der Waals surface area contributed by atoms with E-state index in [0.717, 1.165) is 0 Å². The largest absolute Gasteiger partial charge is 0.389 e. The molecule has 2 aromatic heterocycles. The minimum absolute atomic E-state index is 0.0213. The van der Waals surface area contributed by atoms with Gasteiger partial charge in [-0.1, -0.05) is 11.3 Å². The first-order chi connectivity index (χ1) is 9.38. The molecular weight excluding hydrogens is 297 g/mol. The SMILES string of the molecule is O=[N+]([O-])c1c(NCCCCC(F)(F)F)nc2sccn12. The van der Waals surface area contributed by atoms with Crippen LogP contribution in [0.15, 0.2) is 11.6 Å². The Bertz CT molecular complexity index is 607. The Morgan fingerprint density at radius 1 is 1.45 bits per heavy atom. The Morgan fingerprint density at radius 2 is 2.20 bits per heavy atom. The van der Waals surface area contributed by atoms with E-state index in [1.807, 2.05) is 0 Å². The molecule has 0 saturated heterocycles. The van der Waals surface area contributed by atoms with Gasteiger partial charge in [0, 0.05) is 18.3 Å². The van der Waals surface area contributed by atoms with Gasteiger partial charge >= 0.3 is 12.0 Å². The van der Waals surface area contributed by atoms with E-state index in [1.165, 1.54) is 21.9 Å². The van der Waals surface area contributed by atoms with Gasteiger partial charge in [0.05, 0.1) is 0 Å². The second kappa shape index (κ2) is 5.65. The number of rotatable bonds is 6. The number of anilines is 1. The number of hydrogen-bond donors (Lipinski definition) is 1. The summed E-state index contributed by atoms with van der Waals surface area (Å²) in [5, 5.41) is 15.4. The molecule has 1 N–H and O–H groups in total. The third-order valence-corrected chi connectivity index (χ3v) is 3.35. The molecule has 0 bridgehead atoms. The van der Waals surface area contributed by atoms with Crippen LogP contribution in [0.5, 0.6) is 0 Å². The van der Waals surface area contributed by atoms with Gasteiger partial charge < -0.3 is 15.4 Å². The van der Waals surface area contributed by atoms with E-state index in [9.17, 15) is 23.3 Å². The quantitative estimate of drug-likeness (QED) is 0.504. The summed E-state index contributed by atoms with van der Waals surface area (Å²) in [5.41, 5.74) is 0. The standard InChI is InChI=1S/C10H11F3N4O2S/c11-10(12,13)3-1-2-4-14-7-8(17(18)19)16-5-6-20-9(16)15-7/h5-6,14H,1-4H2. The van der Waals surface area contributed by atoms with Gasteiger partial charge in [-0.05, 0) is 17.8 Å². The molecule has 6 nitrogen and oxygen atoms in total. The average molecular weight is 308 g/mol. The smallest absolute Gasteiger partial charge is 0.363 e. The van der Waals surface area contributed by atoms with Crippen molar-refractivity contribution in [3.63, 3.8) is 0 Å². The van der Waals surface area contributed by atoms with Gasteiger partial charge in [-0.15, -0.1) is 0 Å². The summed E-state index contributed by atoms with van der Waals surface area (Å²) in [6.45, 7) is 0.210. The lowest BCUT2D eigenvalue weighted by molar-refractivity contribution is -0.389. The van der Waals surface area contributed by atoms with Crippen molar-refractivity contribution in [2.45, 2.75) is 25.4 Å². The maximum absolute atomic E-state index is 11.9. The van der Waals surface area contributed by atoms with Crippen molar-refractivity contribution in [3.05, 3.63) is 21.7 Å². The van der Waals surface area contributed by atoms with E-state index in [1.54, 1.807) is 5.38 Å². The lowest BCUT2D eigenvalue weighted by atomic mass is 10.2. The number of hydrogen-bond acceptors (Lipinski definition) is 5. The Balaban J connectivity index is 1.94. The maximum Gasteiger partial charge on any atom is 0.389 e. The fourth-order valence-electron chi connectivity index (χ4n) is 1.72. The molecule has 0 aliphatic rings. The van der Waals surface area contributed by atoms with E-state index in [4.69, 9.17) is 0 Å². The molecule has 20 heavy (non-hydrogen) atoms. The van der Waals surface area contributed by atoms with Gasteiger partial charge in [0.25, 0.3) is 4.96 Å². The molecular formula is C10H11F3N4O2S. The van der Waals surface area contributed by atoms with Gasteiger partial charge in [-0.25, -0.2) is 0 Å². The van der Waals surface area contributed by atoms with E-state index in [2.05, 4.69) is 10.3 Å². The van der Waals surface area contributed by atoms with Crippen LogP contribution in [-0.2, 0) is 0 Å². The normalized spacial score (nSPS) is 11.9. The Hall–Kier alpha value is -1.84. The summed E-state index contributed by atoms with van der Waals surface area (Å²) in [4.78, 5) is 14.9. The van der Waals surface area contributed by atoms with Crippen LogP contribution < -0.4 is 5.32 Å². The number of unbranched alkanes of at least 4 members (excludes halogenated alkanes) is 1. The molecule has 0 amide bonds. The maximum atomic E-state index is 11.9. The van der Waals surface area contributed by atoms with Gasteiger partial charge in [0.15, 0.2) is 0 Å². The Kier molecular flexibility index (Phi) is 4.12. The first-order valence-corrected chi connectivity index (χ1v) is 6.67. The van der Waals surface area contributed by atoms with Crippen LogP contribution in [0.3, 0.4) is 0 Å². The monoisotopic (exact) mass is 308 g/mol. The topological polar surface area (TPSA) is 72.5 Å². The molecule has 0 aliphatic heterocycles. The summed E-state index contributed by atoms with van der Waals surface area (Å²) in [7, 11) is 0. The van der Waals surface area contributed by atoms with E-state index >= 15 is 0 Å². The van der Waals surface area contributed by atoms with Gasteiger partial charge in [0.2, 0.25) is 5.82 Å². The molecule has 2 heterocycles. The molecule has 0 atom stereocenters. The number of fused-ring (bicyclic) bond motifs is 1. The summed E-state index contributed by atoms with van der Waals surface area (Å²) >= 11 is 1.25. The summed E-state index contributed by atoms with van der Waals surface area (Å²) in [5.74, 6) is -0.106. The Morgan fingerprint density at radius 3 is 2.85 bits per heavy atom. The fourth-order valence-corrected chi connectivity index (χ4v) is 2.43.